The number of ketones is 1. The molecule has 1 saturated carbocycles. The summed E-state index contributed by atoms with van der Waals surface area (Å²) in [5, 5.41) is 0. The second-order valence-corrected chi connectivity index (χ2v) is 7.61. The molecular weight excluding hydrogens is 294 g/mol. The van der Waals surface area contributed by atoms with Crippen LogP contribution in [0.5, 0.6) is 0 Å². The maximum Gasteiger partial charge on any atom is 0.327 e. The smallest absolute Gasteiger partial charge is 0.312 e. The minimum absolute atomic E-state index is 0.120. The molecule has 2 rings (SSSR count). The first-order chi connectivity index (χ1) is 9.89. The molecule has 1 aliphatic carbocycles. The van der Waals surface area contributed by atoms with E-state index in [1.54, 1.807) is 12.1 Å². The van der Waals surface area contributed by atoms with Crippen molar-refractivity contribution in [3.05, 3.63) is 35.6 Å². The highest BCUT2D eigenvalue weighted by Gasteiger charge is 2.42. The van der Waals surface area contributed by atoms with Gasteiger partial charge in [-0.05, 0) is 30.5 Å². The molecule has 0 saturated heterocycles. The van der Waals surface area contributed by atoms with Gasteiger partial charge in [0.15, 0.2) is 5.78 Å². The number of carbonyl (C=O) groups is 1. The van der Waals surface area contributed by atoms with E-state index in [4.69, 9.17) is 9.05 Å². The molecule has 21 heavy (non-hydrogen) atoms. The molecular formula is C15H20FO4P. The molecule has 1 atom stereocenters. The number of benzene rings is 1. The molecule has 0 N–H and O–H groups in total. The number of carbonyl (C=O) groups excluding carboxylic acids is 1. The first-order valence-electron chi connectivity index (χ1n) is 6.97. The van der Waals surface area contributed by atoms with Gasteiger partial charge >= 0.3 is 7.60 Å². The molecule has 1 fully saturated rings. The number of rotatable bonds is 6. The third-order valence-corrected chi connectivity index (χ3v) is 5.41. The summed E-state index contributed by atoms with van der Waals surface area (Å²) in [5.41, 5.74) is 0.153. The molecule has 1 aliphatic rings. The summed E-state index contributed by atoms with van der Waals surface area (Å²) >= 11 is 0. The summed E-state index contributed by atoms with van der Waals surface area (Å²) in [6.07, 6.45) is 3.30. The third-order valence-electron chi connectivity index (χ3n) is 4.15. The van der Waals surface area contributed by atoms with Crippen molar-refractivity contribution < 1.29 is 22.8 Å². The Bertz CT molecular complexity index is 549. The van der Waals surface area contributed by atoms with Crippen molar-refractivity contribution in [2.24, 2.45) is 0 Å². The maximum absolute atomic E-state index is 13.1. The number of halogens is 1. The summed E-state index contributed by atoms with van der Waals surface area (Å²) < 4.78 is 34.7. The average molecular weight is 314 g/mol. The average Bonchev–Trinajstić information content (AvgIpc) is 2.96. The van der Waals surface area contributed by atoms with Crippen LogP contribution in [-0.2, 0) is 23.8 Å². The molecule has 1 aromatic carbocycles. The van der Waals surface area contributed by atoms with Crippen molar-refractivity contribution in [2.75, 3.05) is 20.4 Å². The van der Waals surface area contributed by atoms with Crippen LogP contribution in [0.25, 0.3) is 0 Å². The van der Waals surface area contributed by atoms with Gasteiger partial charge < -0.3 is 9.05 Å². The first kappa shape index (κ1) is 16.3. The van der Waals surface area contributed by atoms with Crippen LogP contribution in [0.15, 0.2) is 24.3 Å². The van der Waals surface area contributed by atoms with Gasteiger partial charge in [0.1, 0.15) is 12.4 Å². The lowest BCUT2D eigenvalue weighted by Gasteiger charge is -2.28. The normalized spacial score (nSPS) is 20.1. The Morgan fingerprint density at radius 3 is 2.38 bits per heavy atom. The fourth-order valence-corrected chi connectivity index (χ4v) is 3.30. The van der Waals surface area contributed by atoms with E-state index in [1.807, 2.05) is 0 Å². The first-order valence-corrected chi connectivity index (χ1v) is 8.96. The number of hydrogen-bond donors (Lipinski definition) is 0. The van der Waals surface area contributed by atoms with Crippen LogP contribution in [0.4, 0.5) is 4.39 Å². The highest BCUT2D eigenvalue weighted by Crippen LogP contribution is 2.45. The predicted molar refractivity (Wildman–Crippen MR) is 78.0 cm³/mol. The van der Waals surface area contributed by atoms with Gasteiger partial charge in [0.05, 0.1) is 5.41 Å². The fourth-order valence-electron chi connectivity index (χ4n) is 2.84. The zero-order valence-electron chi connectivity index (χ0n) is 12.3. The maximum atomic E-state index is 13.1. The van der Waals surface area contributed by atoms with E-state index in [1.165, 1.54) is 25.9 Å². The summed E-state index contributed by atoms with van der Waals surface area (Å²) in [7, 11) is -1.89. The lowest BCUT2D eigenvalue weighted by Crippen LogP contribution is -2.35. The molecule has 0 heterocycles. The lowest BCUT2D eigenvalue weighted by atomic mass is 9.75. The van der Waals surface area contributed by atoms with Crippen LogP contribution in [0.2, 0.25) is 0 Å². The third kappa shape index (κ3) is 3.60. The Morgan fingerprint density at radius 2 is 1.86 bits per heavy atom. The van der Waals surface area contributed by atoms with Crippen molar-refractivity contribution in [2.45, 2.75) is 31.1 Å². The van der Waals surface area contributed by atoms with E-state index < -0.39 is 13.0 Å². The molecule has 4 nitrogen and oxygen atoms in total. The van der Waals surface area contributed by atoms with E-state index in [0.29, 0.717) is 12.8 Å². The van der Waals surface area contributed by atoms with Crippen LogP contribution in [0, 0.1) is 5.82 Å². The molecule has 0 radical (unpaired) electrons. The summed E-state index contributed by atoms with van der Waals surface area (Å²) in [5.74, 6) is -0.446. The van der Waals surface area contributed by atoms with Gasteiger partial charge in [-0.3, -0.25) is 9.36 Å². The van der Waals surface area contributed by atoms with Crippen LogP contribution < -0.4 is 0 Å². The van der Waals surface area contributed by atoms with Crippen molar-refractivity contribution in [3.63, 3.8) is 0 Å². The largest absolute Gasteiger partial charge is 0.327 e. The Labute approximate surface area is 124 Å². The zero-order chi connectivity index (χ0) is 15.5. The minimum Gasteiger partial charge on any atom is -0.312 e. The summed E-state index contributed by atoms with van der Waals surface area (Å²) in [4.78, 5) is 12.6. The van der Waals surface area contributed by atoms with Crippen LogP contribution in [0.3, 0.4) is 0 Å². The standard InChI is InChI=1S/C15H20FO4P/c1-19-21(2,18)20-11-14(17)15(9-3-4-10-15)12-5-7-13(16)8-6-12/h5-8H,3-4,9-11H2,1-2H3. The Morgan fingerprint density at radius 1 is 1.29 bits per heavy atom. The predicted octanol–water partition coefficient (Wildman–Crippen LogP) is 3.69. The highest BCUT2D eigenvalue weighted by atomic mass is 31.2. The Kier molecular flexibility index (Phi) is 4.97. The molecule has 0 aliphatic heterocycles. The Hall–Kier alpha value is -1.03. The monoisotopic (exact) mass is 314 g/mol. The number of hydrogen-bond acceptors (Lipinski definition) is 4. The molecule has 1 unspecified atom stereocenters. The molecule has 0 aromatic heterocycles. The second-order valence-electron chi connectivity index (χ2n) is 5.45. The molecule has 1 aromatic rings. The summed E-state index contributed by atoms with van der Waals surface area (Å²) in [6.45, 7) is 1.08. The van der Waals surface area contributed by atoms with E-state index in [2.05, 4.69) is 0 Å². The van der Waals surface area contributed by atoms with E-state index in [-0.39, 0.29) is 18.2 Å². The van der Waals surface area contributed by atoms with Crippen molar-refractivity contribution >= 4 is 13.4 Å². The summed E-state index contributed by atoms with van der Waals surface area (Å²) in [6, 6.07) is 6.04. The van der Waals surface area contributed by atoms with Gasteiger partial charge in [0.25, 0.3) is 0 Å². The molecule has 116 valence electrons. The van der Waals surface area contributed by atoms with Crippen LogP contribution in [-0.4, -0.2) is 26.2 Å². The van der Waals surface area contributed by atoms with Gasteiger partial charge in [-0.2, -0.15) is 0 Å². The Balaban J connectivity index is 2.20. The van der Waals surface area contributed by atoms with E-state index in [9.17, 15) is 13.8 Å². The molecule has 0 spiro atoms. The lowest BCUT2D eigenvalue weighted by molar-refractivity contribution is -0.126. The van der Waals surface area contributed by atoms with Crippen molar-refractivity contribution in [3.8, 4) is 0 Å². The molecule has 0 amide bonds. The minimum atomic E-state index is -3.18. The van der Waals surface area contributed by atoms with Gasteiger partial charge in [-0.15, -0.1) is 0 Å². The molecule has 6 heteroatoms. The highest BCUT2D eigenvalue weighted by molar-refractivity contribution is 7.52. The van der Waals surface area contributed by atoms with E-state index in [0.717, 1.165) is 18.4 Å². The fraction of sp³-hybridized carbons (Fsp3) is 0.533. The van der Waals surface area contributed by atoms with E-state index >= 15 is 0 Å². The van der Waals surface area contributed by atoms with Gasteiger partial charge in [0.2, 0.25) is 0 Å². The van der Waals surface area contributed by atoms with Crippen LogP contribution in [0.1, 0.15) is 31.2 Å². The second kappa shape index (κ2) is 6.39. The topological polar surface area (TPSA) is 52.6 Å². The molecule has 0 bridgehead atoms. The number of Topliss-reactive ketones (excluding diaryl/α,β-unsaturated/α-hetero) is 1. The quantitative estimate of drug-likeness (QED) is 0.751. The van der Waals surface area contributed by atoms with Crippen molar-refractivity contribution in [1.29, 1.82) is 0 Å². The zero-order valence-corrected chi connectivity index (χ0v) is 13.2. The van der Waals surface area contributed by atoms with Gasteiger partial charge in [0, 0.05) is 13.8 Å². The SMILES string of the molecule is COP(C)(=O)OCC(=O)C1(c2ccc(F)cc2)CCCC1. The van der Waals surface area contributed by atoms with Gasteiger partial charge in [-0.25, -0.2) is 4.39 Å². The van der Waals surface area contributed by atoms with Crippen molar-refractivity contribution in [1.82, 2.24) is 0 Å². The van der Waals surface area contributed by atoms with Gasteiger partial charge in [-0.1, -0.05) is 25.0 Å². The van der Waals surface area contributed by atoms with Crippen LogP contribution >= 0.6 is 7.60 Å².